The van der Waals surface area contributed by atoms with Crippen molar-refractivity contribution < 1.29 is 14.6 Å². The van der Waals surface area contributed by atoms with Gasteiger partial charge in [0.05, 0.1) is 0 Å². The highest BCUT2D eigenvalue weighted by Crippen LogP contribution is 2.20. The van der Waals surface area contributed by atoms with Crippen LogP contribution in [0.25, 0.3) is 0 Å². The largest absolute Gasteiger partial charge is 0.477 e. The van der Waals surface area contributed by atoms with Gasteiger partial charge in [0.15, 0.2) is 5.69 Å². The lowest BCUT2D eigenvalue weighted by atomic mass is 10.1. The number of aryl methyl sites for hydroxylation is 2. The summed E-state index contributed by atoms with van der Waals surface area (Å²) in [6, 6.07) is 7.03. The van der Waals surface area contributed by atoms with E-state index in [9.17, 15) is 4.79 Å². The number of nitrogens with zero attached hydrogens (tertiary/aromatic N) is 2. The summed E-state index contributed by atoms with van der Waals surface area (Å²) in [5.41, 5.74) is 2.02. The van der Waals surface area contributed by atoms with E-state index in [2.05, 4.69) is 9.97 Å². The molecule has 0 aliphatic rings. The van der Waals surface area contributed by atoms with Crippen LogP contribution in [0.2, 0.25) is 0 Å². The smallest absolute Gasteiger partial charge is 0.354 e. The Bertz CT molecular complexity index is 576. The van der Waals surface area contributed by atoms with Crippen molar-refractivity contribution in [3.63, 3.8) is 0 Å². The highest BCUT2D eigenvalue weighted by atomic mass is 16.5. The van der Waals surface area contributed by atoms with E-state index in [0.717, 1.165) is 11.1 Å². The van der Waals surface area contributed by atoms with Crippen molar-refractivity contribution in [2.45, 2.75) is 13.8 Å². The number of aromatic carboxylic acids is 1. The van der Waals surface area contributed by atoms with Gasteiger partial charge in [0, 0.05) is 6.20 Å². The Hall–Kier alpha value is -2.43. The summed E-state index contributed by atoms with van der Waals surface area (Å²) in [4.78, 5) is 18.4. The Morgan fingerprint density at radius 2 is 1.89 bits per heavy atom. The van der Waals surface area contributed by atoms with E-state index in [4.69, 9.17) is 9.84 Å². The lowest BCUT2D eigenvalue weighted by molar-refractivity contribution is 0.0689. The van der Waals surface area contributed by atoms with Crippen molar-refractivity contribution in [3.8, 4) is 11.8 Å². The van der Waals surface area contributed by atoms with E-state index in [1.807, 2.05) is 32.0 Å². The molecule has 2 rings (SSSR count). The number of hydrogen-bond donors (Lipinski definition) is 1. The van der Waals surface area contributed by atoms with Crippen LogP contribution in [0, 0.1) is 13.8 Å². The van der Waals surface area contributed by atoms with Gasteiger partial charge < -0.3 is 9.84 Å². The van der Waals surface area contributed by atoms with Crippen LogP contribution in [0.15, 0.2) is 30.5 Å². The molecule has 0 aliphatic carbocycles. The van der Waals surface area contributed by atoms with Gasteiger partial charge in [0.25, 0.3) is 0 Å². The third kappa shape index (κ3) is 2.82. The van der Waals surface area contributed by atoms with E-state index in [-0.39, 0.29) is 11.7 Å². The van der Waals surface area contributed by atoms with Crippen molar-refractivity contribution in [1.29, 1.82) is 0 Å². The highest BCUT2D eigenvalue weighted by molar-refractivity contribution is 5.85. The van der Waals surface area contributed by atoms with Crippen LogP contribution in [0.4, 0.5) is 0 Å². The third-order valence-corrected chi connectivity index (χ3v) is 2.26. The SMILES string of the molecule is Cc1cc(C)cc(Oc2nccc(C(=O)O)n2)c1. The van der Waals surface area contributed by atoms with Crippen LogP contribution in [0.3, 0.4) is 0 Å². The first-order valence-electron chi connectivity index (χ1n) is 5.37. The molecular formula is C13H12N2O3. The molecule has 0 spiro atoms. The Morgan fingerprint density at radius 1 is 1.22 bits per heavy atom. The monoisotopic (exact) mass is 244 g/mol. The first-order chi connectivity index (χ1) is 8.54. The fraction of sp³-hybridized carbons (Fsp3) is 0.154. The topological polar surface area (TPSA) is 72.3 Å². The molecule has 18 heavy (non-hydrogen) atoms. The summed E-state index contributed by atoms with van der Waals surface area (Å²) in [5, 5.41) is 8.82. The van der Waals surface area contributed by atoms with Gasteiger partial charge >= 0.3 is 12.0 Å². The first-order valence-corrected chi connectivity index (χ1v) is 5.37. The zero-order chi connectivity index (χ0) is 13.1. The third-order valence-electron chi connectivity index (χ3n) is 2.26. The van der Waals surface area contributed by atoms with Crippen molar-refractivity contribution in [3.05, 3.63) is 47.3 Å². The van der Waals surface area contributed by atoms with Gasteiger partial charge in [-0.3, -0.25) is 0 Å². The molecule has 5 heteroatoms. The summed E-state index contributed by atoms with van der Waals surface area (Å²) in [6.07, 6.45) is 1.36. The number of carboxylic acid groups (broad SMARTS) is 1. The van der Waals surface area contributed by atoms with Gasteiger partial charge in [0.2, 0.25) is 0 Å². The minimum Gasteiger partial charge on any atom is -0.477 e. The molecule has 0 radical (unpaired) electrons. The summed E-state index contributed by atoms with van der Waals surface area (Å²) in [5.74, 6) is -0.516. The predicted octanol–water partition coefficient (Wildman–Crippen LogP) is 2.58. The molecule has 0 aliphatic heterocycles. The molecule has 0 amide bonds. The zero-order valence-corrected chi connectivity index (χ0v) is 10.0. The number of aromatic nitrogens is 2. The van der Waals surface area contributed by atoms with E-state index in [0.29, 0.717) is 5.75 Å². The van der Waals surface area contributed by atoms with Crippen molar-refractivity contribution in [2.24, 2.45) is 0 Å². The van der Waals surface area contributed by atoms with E-state index >= 15 is 0 Å². The lowest BCUT2D eigenvalue weighted by Crippen LogP contribution is -2.02. The quantitative estimate of drug-likeness (QED) is 0.898. The summed E-state index contributed by atoms with van der Waals surface area (Å²) in [7, 11) is 0. The molecule has 0 bridgehead atoms. The second-order valence-corrected chi connectivity index (χ2v) is 3.96. The number of hydrogen-bond acceptors (Lipinski definition) is 4. The minimum absolute atomic E-state index is 0.0277. The predicted molar refractivity (Wildman–Crippen MR) is 65.0 cm³/mol. The standard InChI is InChI=1S/C13H12N2O3/c1-8-5-9(2)7-10(6-8)18-13-14-4-3-11(15-13)12(16)17/h3-7H,1-2H3,(H,16,17). The molecule has 5 nitrogen and oxygen atoms in total. The van der Waals surface area contributed by atoms with Gasteiger partial charge in [-0.15, -0.1) is 0 Å². The number of ether oxygens (including phenoxy) is 1. The van der Waals surface area contributed by atoms with E-state index < -0.39 is 5.97 Å². The minimum atomic E-state index is -1.11. The number of carbonyl (C=O) groups is 1. The van der Waals surface area contributed by atoms with Crippen LogP contribution in [0.5, 0.6) is 11.8 Å². The number of carboxylic acids is 1. The van der Waals surface area contributed by atoms with Gasteiger partial charge in [-0.05, 0) is 43.2 Å². The Labute approximate surface area is 104 Å². The van der Waals surface area contributed by atoms with Gasteiger partial charge in [-0.1, -0.05) is 6.07 Å². The van der Waals surface area contributed by atoms with Crippen molar-refractivity contribution in [1.82, 2.24) is 9.97 Å². The second kappa shape index (κ2) is 4.83. The maximum Gasteiger partial charge on any atom is 0.354 e. The normalized spacial score (nSPS) is 10.1. The zero-order valence-electron chi connectivity index (χ0n) is 10.0. The van der Waals surface area contributed by atoms with Crippen LogP contribution in [-0.4, -0.2) is 21.0 Å². The van der Waals surface area contributed by atoms with Crippen LogP contribution < -0.4 is 4.74 Å². The molecule has 1 aromatic heterocycles. The fourth-order valence-electron chi connectivity index (χ4n) is 1.61. The number of rotatable bonds is 3. The summed E-state index contributed by atoms with van der Waals surface area (Å²) < 4.78 is 5.45. The maximum atomic E-state index is 10.8. The summed E-state index contributed by atoms with van der Waals surface area (Å²) >= 11 is 0. The highest BCUT2D eigenvalue weighted by Gasteiger charge is 2.08. The van der Waals surface area contributed by atoms with Crippen LogP contribution in [-0.2, 0) is 0 Å². The maximum absolute atomic E-state index is 10.8. The molecular weight excluding hydrogens is 232 g/mol. The van der Waals surface area contributed by atoms with Gasteiger partial charge in [0.1, 0.15) is 5.75 Å². The molecule has 0 atom stereocenters. The molecule has 1 aromatic carbocycles. The van der Waals surface area contributed by atoms with Crippen molar-refractivity contribution in [2.75, 3.05) is 0 Å². The summed E-state index contributed by atoms with van der Waals surface area (Å²) in [6.45, 7) is 3.91. The number of benzene rings is 1. The van der Waals surface area contributed by atoms with Gasteiger partial charge in [-0.25, -0.2) is 9.78 Å². The Balaban J connectivity index is 2.28. The average Bonchev–Trinajstić information content (AvgIpc) is 2.27. The van der Waals surface area contributed by atoms with Gasteiger partial charge in [-0.2, -0.15) is 4.98 Å². The van der Waals surface area contributed by atoms with Crippen LogP contribution in [0.1, 0.15) is 21.6 Å². The molecule has 2 aromatic rings. The lowest BCUT2D eigenvalue weighted by Gasteiger charge is -2.06. The second-order valence-electron chi connectivity index (χ2n) is 3.96. The molecule has 0 fully saturated rings. The van der Waals surface area contributed by atoms with E-state index in [1.165, 1.54) is 12.3 Å². The Kier molecular flexibility index (Phi) is 3.23. The van der Waals surface area contributed by atoms with Crippen molar-refractivity contribution >= 4 is 5.97 Å². The molecule has 0 saturated heterocycles. The van der Waals surface area contributed by atoms with Crippen LogP contribution >= 0.6 is 0 Å². The fourth-order valence-corrected chi connectivity index (χ4v) is 1.61. The molecule has 1 N–H and O–H groups in total. The molecule has 1 heterocycles. The van der Waals surface area contributed by atoms with E-state index in [1.54, 1.807) is 0 Å². The Morgan fingerprint density at radius 3 is 2.50 bits per heavy atom. The molecule has 92 valence electrons. The molecule has 0 unspecified atom stereocenters. The molecule has 0 saturated carbocycles. The average molecular weight is 244 g/mol. The first kappa shape index (κ1) is 12.0.